The minimum Gasteiger partial charge on any atom is -0.300 e. The molecule has 0 saturated heterocycles. The van der Waals surface area contributed by atoms with Gasteiger partial charge in [0.1, 0.15) is 6.54 Å². The van der Waals surface area contributed by atoms with E-state index < -0.39 is 17.6 Å². The number of anilines is 1. The first-order valence-corrected chi connectivity index (χ1v) is 9.98. The first-order chi connectivity index (χ1) is 14.7. The lowest BCUT2D eigenvalue weighted by Crippen LogP contribution is -2.28. The largest absolute Gasteiger partial charge is 0.416 e. The normalized spacial score (nSPS) is 11.6. The lowest BCUT2D eigenvalue weighted by molar-refractivity contribution is -0.137. The molecule has 31 heavy (non-hydrogen) atoms. The van der Waals surface area contributed by atoms with E-state index in [1.165, 1.54) is 23.0 Å². The average molecular weight is 444 g/mol. The summed E-state index contributed by atoms with van der Waals surface area (Å²) in [4.78, 5) is 33.4. The quantitative estimate of drug-likeness (QED) is 0.503. The fourth-order valence-corrected chi connectivity index (χ4v) is 3.82. The molecule has 0 aliphatic rings. The molecule has 0 aliphatic heterocycles. The van der Waals surface area contributed by atoms with Gasteiger partial charge in [-0.1, -0.05) is 24.3 Å². The van der Waals surface area contributed by atoms with Gasteiger partial charge in [0.2, 0.25) is 5.91 Å². The Balaban J connectivity index is 1.51. The average Bonchev–Trinajstić information content (AvgIpc) is 3.18. The van der Waals surface area contributed by atoms with Crippen LogP contribution in [0.1, 0.15) is 11.1 Å². The van der Waals surface area contributed by atoms with Crippen LogP contribution in [-0.4, -0.2) is 20.4 Å². The zero-order valence-electron chi connectivity index (χ0n) is 16.1. The maximum Gasteiger partial charge on any atom is 0.416 e. The zero-order valence-corrected chi connectivity index (χ0v) is 16.9. The first-order valence-electron chi connectivity index (χ1n) is 9.10. The summed E-state index contributed by atoms with van der Waals surface area (Å²) >= 11 is 1.08. The Morgan fingerprint density at radius 2 is 1.97 bits per heavy atom. The van der Waals surface area contributed by atoms with Crippen LogP contribution < -0.4 is 10.9 Å². The second-order valence-corrected chi connectivity index (χ2v) is 7.67. The van der Waals surface area contributed by atoms with E-state index in [0.29, 0.717) is 16.6 Å². The van der Waals surface area contributed by atoms with E-state index >= 15 is 0 Å². The Labute approximate surface area is 178 Å². The van der Waals surface area contributed by atoms with Crippen LogP contribution in [-0.2, 0) is 17.5 Å². The Morgan fingerprint density at radius 1 is 1.19 bits per heavy atom. The molecule has 1 N–H and O–H groups in total. The second kappa shape index (κ2) is 7.95. The number of rotatable bonds is 4. The number of aromatic nitrogens is 3. The summed E-state index contributed by atoms with van der Waals surface area (Å²) in [5, 5.41) is 4.75. The summed E-state index contributed by atoms with van der Waals surface area (Å²) in [6, 6.07) is 10.0. The van der Waals surface area contributed by atoms with Crippen molar-refractivity contribution in [3.63, 3.8) is 0 Å². The molecule has 10 heteroatoms. The van der Waals surface area contributed by atoms with Crippen LogP contribution in [0.15, 0.2) is 59.0 Å². The number of fused-ring (bicyclic) bond motifs is 1. The third kappa shape index (κ3) is 4.33. The van der Waals surface area contributed by atoms with Gasteiger partial charge in [-0.15, -0.1) is 11.3 Å². The minimum absolute atomic E-state index is 0.218. The molecule has 0 saturated carbocycles. The van der Waals surface area contributed by atoms with Crippen molar-refractivity contribution in [3.05, 3.63) is 75.7 Å². The van der Waals surface area contributed by atoms with E-state index in [1.54, 1.807) is 17.5 Å². The van der Waals surface area contributed by atoms with Crippen LogP contribution in [0.2, 0.25) is 0 Å². The summed E-state index contributed by atoms with van der Waals surface area (Å²) < 4.78 is 39.9. The third-order valence-corrected chi connectivity index (χ3v) is 5.36. The lowest BCUT2D eigenvalue weighted by Gasteiger charge is -2.08. The third-order valence-electron chi connectivity index (χ3n) is 4.61. The molecule has 0 spiro atoms. The van der Waals surface area contributed by atoms with Crippen LogP contribution >= 0.6 is 11.3 Å². The number of nitrogens with zero attached hydrogens (tertiary/aromatic N) is 3. The number of thiazole rings is 1. The molecule has 0 bridgehead atoms. The molecule has 2 heterocycles. The van der Waals surface area contributed by atoms with E-state index in [0.717, 1.165) is 29.0 Å². The van der Waals surface area contributed by atoms with Crippen LogP contribution in [0.3, 0.4) is 0 Å². The Bertz CT molecular complexity index is 1340. The molecule has 0 unspecified atom stereocenters. The van der Waals surface area contributed by atoms with Crippen LogP contribution in [0.4, 0.5) is 18.3 Å². The number of nitrogens with one attached hydrogen (secondary N) is 1. The number of aryl methyl sites for hydroxylation is 1. The van der Waals surface area contributed by atoms with Gasteiger partial charge in [-0.3, -0.25) is 14.2 Å². The molecule has 0 fully saturated rings. The van der Waals surface area contributed by atoms with Crippen molar-refractivity contribution in [2.75, 3.05) is 5.32 Å². The summed E-state index contributed by atoms with van der Waals surface area (Å²) in [6.07, 6.45) is -3.14. The molecule has 2 aromatic heterocycles. The van der Waals surface area contributed by atoms with Gasteiger partial charge in [0.15, 0.2) is 5.13 Å². The van der Waals surface area contributed by atoms with E-state index in [4.69, 9.17) is 0 Å². The predicted octanol–water partition coefficient (Wildman–Crippen LogP) is 4.49. The number of carbonyl (C=O) groups is 1. The van der Waals surface area contributed by atoms with Gasteiger partial charge in [0.25, 0.3) is 5.56 Å². The molecule has 6 nitrogen and oxygen atoms in total. The van der Waals surface area contributed by atoms with E-state index in [1.807, 2.05) is 13.0 Å². The molecule has 4 rings (SSSR count). The van der Waals surface area contributed by atoms with Gasteiger partial charge in [0, 0.05) is 10.9 Å². The number of hydrogen-bond acceptors (Lipinski definition) is 5. The van der Waals surface area contributed by atoms with Gasteiger partial charge >= 0.3 is 6.18 Å². The number of para-hydroxylation sites is 1. The molecule has 0 aliphatic carbocycles. The highest BCUT2D eigenvalue weighted by atomic mass is 32.1. The molecule has 2 aromatic carbocycles. The van der Waals surface area contributed by atoms with Crippen molar-refractivity contribution in [1.29, 1.82) is 0 Å². The van der Waals surface area contributed by atoms with Crippen molar-refractivity contribution in [3.8, 4) is 11.3 Å². The molecule has 4 aromatic rings. The first kappa shape index (κ1) is 20.7. The van der Waals surface area contributed by atoms with E-state index in [9.17, 15) is 22.8 Å². The van der Waals surface area contributed by atoms with Crippen molar-refractivity contribution >= 4 is 33.3 Å². The molecule has 1 amide bonds. The zero-order chi connectivity index (χ0) is 22.2. The summed E-state index contributed by atoms with van der Waals surface area (Å²) in [7, 11) is 0. The number of benzene rings is 2. The van der Waals surface area contributed by atoms with Gasteiger partial charge in [0.05, 0.1) is 28.5 Å². The van der Waals surface area contributed by atoms with Gasteiger partial charge in [-0.2, -0.15) is 13.2 Å². The maximum absolute atomic E-state index is 12.9. The number of hydrogen-bond donors (Lipinski definition) is 1. The smallest absolute Gasteiger partial charge is 0.300 e. The Morgan fingerprint density at radius 3 is 2.74 bits per heavy atom. The fraction of sp³-hybridized carbons (Fsp3) is 0.143. The molecule has 158 valence electrons. The second-order valence-electron chi connectivity index (χ2n) is 6.81. The highest BCUT2D eigenvalue weighted by Gasteiger charge is 2.30. The van der Waals surface area contributed by atoms with Crippen molar-refractivity contribution in [2.24, 2.45) is 0 Å². The number of halogens is 3. The van der Waals surface area contributed by atoms with Crippen molar-refractivity contribution in [1.82, 2.24) is 14.5 Å². The Kier molecular flexibility index (Phi) is 5.32. The Hall–Kier alpha value is -3.53. The molecule has 0 radical (unpaired) electrons. The van der Waals surface area contributed by atoms with Crippen LogP contribution in [0.5, 0.6) is 0 Å². The highest BCUT2D eigenvalue weighted by molar-refractivity contribution is 7.14. The molecular formula is C21H15F3N4O2S. The minimum atomic E-state index is -4.46. The number of alkyl halides is 3. The maximum atomic E-state index is 12.9. The fourth-order valence-electron chi connectivity index (χ4n) is 3.08. The molecular weight excluding hydrogens is 429 g/mol. The summed E-state index contributed by atoms with van der Waals surface area (Å²) in [5.41, 5.74) is 0.920. The van der Waals surface area contributed by atoms with Gasteiger partial charge in [-0.05, 0) is 30.7 Å². The number of amides is 1. The van der Waals surface area contributed by atoms with Gasteiger partial charge < -0.3 is 5.32 Å². The van der Waals surface area contributed by atoms with Crippen LogP contribution in [0.25, 0.3) is 22.2 Å². The summed E-state index contributed by atoms with van der Waals surface area (Å²) in [5.74, 6) is -0.499. The van der Waals surface area contributed by atoms with Crippen LogP contribution in [0, 0.1) is 6.92 Å². The van der Waals surface area contributed by atoms with E-state index in [2.05, 4.69) is 15.3 Å². The van der Waals surface area contributed by atoms with Gasteiger partial charge in [-0.25, -0.2) is 9.97 Å². The standard InChI is InChI=1S/C21H15F3N4O2S/c1-12-4-2-7-15-18(12)25-11-28(19(15)30)9-17(29)27-20-26-16(10-31-20)13-5-3-6-14(8-13)21(22,23)24/h2-8,10-11H,9H2,1H3,(H,26,27,29). The molecule has 0 atom stereocenters. The van der Waals surface area contributed by atoms with E-state index in [-0.39, 0.29) is 22.8 Å². The topological polar surface area (TPSA) is 76.9 Å². The SMILES string of the molecule is Cc1cccc2c(=O)n(CC(=O)Nc3nc(-c4cccc(C(F)(F)F)c4)cs3)cnc12. The predicted molar refractivity (Wildman–Crippen MR) is 112 cm³/mol. The summed E-state index contributed by atoms with van der Waals surface area (Å²) in [6.45, 7) is 1.57. The van der Waals surface area contributed by atoms with Crippen molar-refractivity contribution in [2.45, 2.75) is 19.6 Å². The highest BCUT2D eigenvalue weighted by Crippen LogP contribution is 2.33. The monoisotopic (exact) mass is 444 g/mol. The lowest BCUT2D eigenvalue weighted by atomic mass is 10.1. The van der Waals surface area contributed by atoms with Crippen molar-refractivity contribution < 1.29 is 18.0 Å². The number of carbonyl (C=O) groups excluding carboxylic acids is 1.